The van der Waals surface area contributed by atoms with Gasteiger partial charge < -0.3 is 4.90 Å². The van der Waals surface area contributed by atoms with Gasteiger partial charge in [0, 0.05) is 18.2 Å². The first-order valence-corrected chi connectivity index (χ1v) is 6.22. The molecule has 0 radical (unpaired) electrons. The van der Waals surface area contributed by atoms with Gasteiger partial charge in [0.1, 0.15) is 17.3 Å². The summed E-state index contributed by atoms with van der Waals surface area (Å²) < 4.78 is 0. The summed E-state index contributed by atoms with van der Waals surface area (Å²) in [4.78, 5) is 10.1. The van der Waals surface area contributed by atoms with Crippen molar-refractivity contribution in [2.45, 2.75) is 32.2 Å². The highest BCUT2D eigenvalue weighted by molar-refractivity contribution is 6.31. The Morgan fingerprint density at radius 1 is 1.47 bits per heavy atom. The van der Waals surface area contributed by atoms with Crippen molar-refractivity contribution < 1.29 is 0 Å². The number of nitrogens with zero attached hydrogens (tertiary/aromatic N) is 4. The van der Waals surface area contributed by atoms with Crippen LogP contribution in [0.3, 0.4) is 0 Å². The quantitative estimate of drug-likeness (QED) is 0.611. The smallest absolute Gasteiger partial charge is 0.138 e. The van der Waals surface area contributed by atoms with Crippen LogP contribution >= 0.6 is 23.2 Å². The van der Waals surface area contributed by atoms with E-state index in [1.54, 1.807) is 0 Å². The van der Waals surface area contributed by atoms with E-state index in [2.05, 4.69) is 16.0 Å². The van der Waals surface area contributed by atoms with E-state index in [-0.39, 0.29) is 11.9 Å². The van der Waals surface area contributed by atoms with E-state index < -0.39 is 0 Å². The molecular weight excluding hydrogens is 259 g/mol. The van der Waals surface area contributed by atoms with Gasteiger partial charge >= 0.3 is 0 Å². The fraction of sp³-hybridized carbons (Fsp3) is 0.545. The minimum absolute atomic E-state index is 0.219. The molecule has 0 fully saturated rings. The number of rotatable bonds is 5. The van der Waals surface area contributed by atoms with Crippen molar-refractivity contribution in [2.24, 2.45) is 0 Å². The highest BCUT2D eigenvalue weighted by Gasteiger charge is 2.17. The molecule has 0 spiro atoms. The fourth-order valence-electron chi connectivity index (χ4n) is 1.52. The van der Waals surface area contributed by atoms with Crippen LogP contribution in [0, 0.1) is 11.3 Å². The summed E-state index contributed by atoms with van der Waals surface area (Å²) in [6, 6.07) is 2.34. The minimum Gasteiger partial charge on any atom is -0.353 e. The Balaban J connectivity index is 3.09. The first kappa shape index (κ1) is 14.0. The molecule has 0 unspecified atom stereocenters. The fourth-order valence-corrected chi connectivity index (χ4v) is 2.03. The van der Waals surface area contributed by atoms with Crippen LogP contribution in [0.4, 0.5) is 5.82 Å². The van der Waals surface area contributed by atoms with Gasteiger partial charge in [0.2, 0.25) is 0 Å². The Hall–Kier alpha value is -1.05. The molecule has 1 heterocycles. The van der Waals surface area contributed by atoms with E-state index in [0.717, 1.165) is 0 Å². The van der Waals surface area contributed by atoms with Crippen LogP contribution in [0.5, 0.6) is 0 Å². The average Bonchev–Trinajstić information content (AvgIpc) is 2.29. The molecule has 0 saturated heterocycles. The molecule has 4 nitrogen and oxygen atoms in total. The molecule has 0 N–H and O–H groups in total. The maximum absolute atomic E-state index is 8.66. The second-order valence-electron chi connectivity index (χ2n) is 3.80. The van der Waals surface area contributed by atoms with Gasteiger partial charge in [-0.05, 0) is 13.8 Å². The standard InChI is InChI=1S/C11H14Cl2N4/c1-8(2)17(5-3-4-14)11-9(6-12)10(13)15-7-16-11/h7-8H,3,5-6H2,1-2H3. The monoisotopic (exact) mass is 272 g/mol. The normalized spacial score (nSPS) is 10.4. The van der Waals surface area contributed by atoms with Crippen molar-refractivity contribution in [3.63, 3.8) is 0 Å². The third-order valence-corrected chi connectivity index (χ3v) is 2.96. The number of anilines is 1. The first-order chi connectivity index (χ1) is 8.11. The Morgan fingerprint density at radius 2 is 2.18 bits per heavy atom. The molecule has 0 aromatic carbocycles. The summed E-state index contributed by atoms with van der Waals surface area (Å²) >= 11 is 11.8. The molecule has 92 valence electrons. The largest absolute Gasteiger partial charge is 0.353 e. The molecular formula is C11H14Cl2N4. The number of nitriles is 1. The van der Waals surface area contributed by atoms with Gasteiger partial charge in [-0.2, -0.15) is 5.26 Å². The molecule has 1 aromatic rings. The van der Waals surface area contributed by atoms with Crippen molar-refractivity contribution in [1.29, 1.82) is 5.26 Å². The second kappa shape index (κ2) is 6.63. The van der Waals surface area contributed by atoms with Crippen LogP contribution in [0.15, 0.2) is 6.33 Å². The zero-order valence-electron chi connectivity index (χ0n) is 9.82. The topological polar surface area (TPSA) is 52.8 Å². The molecule has 0 bridgehead atoms. The highest BCUT2D eigenvalue weighted by atomic mass is 35.5. The van der Waals surface area contributed by atoms with E-state index >= 15 is 0 Å². The summed E-state index contributed by atoms with van der Waals surface area (Å²) in [5.41, 5.74) is 0.711. The Labute approximate surface area is 111 Å². The van der Waals surface area contributed by atoms with E-state index in [1.807, 2.05) is 18.7 Å². The molecule has 1 rings (SSSR count). The van der Waals surface area contributed by atoms with Crippen molar-refractivity contribution in [1.82, 2.24) is 9.97 Å². The van der Waals surface area contributed by atoms with Gasteiger partial charge in [-0.15, -0.1) is 11.6 Å². The molecule has 0 atom stereocenters. The van der Waals surface area contributed by atoms with Gasteiger partial charge in [0.05, 0.1) is 18.4 Å². The van der Waals surface area contributed by atoms with Crippen LogP contribution in [0.1, 0.15) is 25.8 Å². The number of aromatic nitrogens is 2. The lowest BCUT2D eigenvalue weighted by Crippen LogP contribution is -2.33. The van der Waals surface area contributed by atoms with E-state index in [9.17, 15) is 0 Å². The van der Waals surface area contributed by atoms with Crippen molar-refractivity contribution in [3.8, 4) is 6.07 Å². The molecule has 6 heteroatoms. The Morgan fingerprint density at radius 3 is 2.71 bits per heavy atom. The zero-order valence-corrected chi connectivity index (χ0v) is 11.3. The zero-order chi connectivity index (χ0) is 12.8. The Bertz CT molecular complexity index is 414. The molecule has 0 amide bonds. The third kappa shape index (κ3) is 3.45. The van der Waals surface area contributed by atoms with Gasteiger partial charge in [0.15, 0.2) is 0 Å². The lowest BCUT2D eigenvalue weighted by atomic mass is 10.2. The van der Waals surface area contributed by atoms with Crippen molar-refractivity contribution in [2.75, 3.05) is 11.4 Å². The molecule has 0 saturated carbocycles. The maximum Gasteiger partial charge on any atom is 0.138 e. The highest BCUT2D eigenvalue weighted by Crippen LogP contribution is 2.26. The number of hydrogen-bond donors (Lipinski definition) is 0. The van der Waals surface area contributed by atoms with Crippen molar-refractivity contribution in [3.05, 3.63) is 17.0 Å². The van der Waals surface area contributed by atoms with Gasteiger partial charge in [-0.25, -0.2) is 9.97 Å². The van der Waals surface area contributed by atoms with Gasteiger partial charge in [-0.1, -0.05) is 11.6 Å². The third-order valence-electron chi connectivity index (χ3n) is 2.36. The van der Waals surface area contributed by atoms with E-state index in [4.69, 9.17) is 28.5 Å². The summed E-state index contributed by atoms with van der Waals surface area (Å²) in [5.74, 6) is 0.968. The van der Waals surface area contributed by atoms with Crippen LogP contribution in [-0.4, -0.2) is 22.6 Å². The molecule has 0 aliphatic heterocycles. The number of alkyl halides is 1. The van der Waals surface area contributed by atoms with E-state index in [0.29, 0.717) is 29.5 Å². The lowest BCUT2D eigenvalue weighted by Gasteiger charge is -2.28. The van der Waals surface area contributed by atoms with E-state index in [1.165, 1.54) is 6.33 Å². The van der Waals surface area contributed by atoms with Crippen LogP contribution < -0.4 is 4.90 Å². The minimum atomic E-state index is 0.219. The van der Waals surface area contributed by atoms with Crippen molar-refractivity contribution >= 4 is 29.0 Å². The predicted octanol–water partition coefficient (Wildman–Crippen LogP) is 3.00. The first-order valence-electron chi connectivity index (χ1n) is 5.30. The summed E-state index contributed by atoms with van der Waals surface area (Å²) in [7, 11) is 0. The molecule has 0 aliphatic carbocycles. The molecule has 17 heavy (non-hydrogen) atoms. The summed E-state index contributed by atoms with van der Waals surface area (Å²) in [6.07, 6.45) is 1.84. The summed E-state index contributed by atoms with van der Waals surface area (Å²) in [5, 5.41) is 9.03. The average molecular weight is 273 g/mol. The van der Waals surface area contributed by atoms with Gasteiger partial charge in [-0.3, -0.25) is 0 Å². The van der Waals surface area contributed by atoms with Crippen LogP contribution in [0.25, 0.3) is 0 Å². The lowest BCUT2D eigenvalue weighted by molar-refractivity contribution is 0.672. The SMILES string of the molecule is CC(C)N(CCC#N)c1ncnc(Cl)c1CCl. The number of halogens is 2. The molecule has 0 aliphatic rings. The molecule has 1 aromatic heterocycles. The van der Waals surface area contributed by atoms with Crippen LogP contribution in [0.2, 0.25) is 5.15 Å². The number of hydrogen-bond acceptors (Lipinski definition) is 4. The maximum atomic E-state index is 8.66. The second-order valence-corrected chi connectivity index (χ2v) is 4.42. The van der Waals surface area contributed by atoms with Crippen LogP contribution in [-0.2, 0) is 5.88 Å². The Kier molecular flexibility index (Phi) is 5.46. The predicted molar refractivity (Wildman–Crippen MR) is 69.3 cm³/mol. The summed E-state index contributed by atoms with van der Waals surface area (Å²) in [6.45, 7) is 4.67. The van der Waals surface area contributed by atoms with Gasteiger partial charge in [0.25, 0.3) is 0 Å².